The van der Waals surface area contributed by atoms with Crippen molar-refractivity contribution < 1.29 is 4.79 Å². The van der Waals surface area contributed by atoms with Gasteiger partial charge in [-0.1, -0.05) is 44.2 Å². The number of fused-ring (bicyclic) bond motifs is 1. The predicted octanol–water partition coefficient (Wildman–Crippen LogP) is 4.79. The van der Waals surface area contributed by atoms with Gasteiger partial charge in [-0.05, 0) is 37.3 Å². The molecule has 1 aliphatic heterocycles. The van der Waals surface area contributed by atoms with Crippen LogP contribution in [0.2, 0.25) is 0 Å². The van der Waals surface area contributed by atoms with E-state index < -0.39 is 0 Å². The van der Waals surface area contributed by atoms with Gasteiger partial charge < -0.3 is 9.80 Å². The molecule has 1 saturated heterocycles. The van der Waals surface area contributed by atoms with E-state index in [9.17, 15) is 4.79 Å². The van der Waals surface area contributed by atoms with Crippen LogP contribution in [0.1, 0.15) is 42.1 Å². The summed E-state index contributed by atoms with van der Waals surface area (Å²) in [4.78, 5) is 29.2. The molecule has 0 unspecified atom stereocenters. The lowest BCUT2D eigenvalue weighted by Crippen LogP contribution is -2.49. The standard InChI is InChI=1S/C25H32N4OS/c1-17(2)16-22(30)28-12-14-29(15-13-28)24-23-18(3)19(4)31-25(23)27-21(26-24)11-10-20-8-6-5-7-9-20/h5-9,17H,10-16H2,1-4H3. The van der Waals surface area contributed by atoms with Gasteiger partial charge >= 0.3 is 0 Å². The van der Waals surface area contributed by atoms with Gasteiger partial charge in [0.2, 0.25) is 5.91 Å². The summed E-state index contributed by atoms with van der Waals surface area (Å²) in [7, 11) is 0. The van der Waals surface area contributed by atoms with E-state index in [4.69, 9.17) is 9.97 Å². The molecular formula is C25H32N4OS. The summed E-state index contributed by atoms with van der Waals surface area (Å²) in [5.41, 5.74) is 2.59. The third-order valence-corrected chi connectivity index (χ3v) is 7.15. The number of carbonyl (C=O) groups is 1. The van der Waals surface area contributed by atoms with Gasteiger partial charge in [-0.3, -0.25) is 4.79 Å². The Morgan fingerprint density at radius 3 is 2.42 bits per heavy atom. The molecule has 6 heteroatoms. The van der Waals surface area contributed by atoms with Crippen molar-refractivity contribution in [2.24, 2.45) is 5.92 Å². The van der Waals surface area contributed by atoms with Gasteiger partial charge in [0.25, 0.3) is 0 Å². The van der Waals surface area contributed by atoms with Crippen LogP contribution < -0.4 is 4.90 Å². The number of anilines is 1. The zero-order valence-electron chi connectivity index (χ0n) is 19.0. The Kier molecular flexibility index (Phi) is 6.56. The molecule has 0 atom stereocenters. The van der Waals surface area contributed by atoms with Gasteiger partial charge in [0.15, 0.2) is 0 Å². The second-order valence-electron chi connectivity index (χ2n) is 8.88. The van der Waals surface area contributed by atoms with Crippen molar-refractivity contribution in [3.8, 4) is 0 Å². The number of hydrogen-bond acceptors (Lipinski definition) is 5. The fraction of sp³-hybridized carbons (Fsp3) is 0.480. The molecule has 31 heavy (non-hydrogen) atoms. The molecule has 0 aliphatic carbocycles. The summed E-state index contributed by atoms with van der Waals surface area (Å²) in [6.07, 6.45) is 2.40. The van der Waals surface area contributed by atoms with Gasteiger partial charge in [-0.25, -0.2) is 9.97 Å². The van der Waals surface area contributed by atoms with Crippen LogP contribution in [0.3, 0.4) is 0 Å². The molecule has 1 amide bonds. The van der Waals surface area contributed by atoms with Gasteiger partial charge in [0.1, 0.15) is 16.5 Å². The van der Waals surface area contributed by atoms with Gasteiger partial charge in [-0.2, -0.15) is 0 Å². The SMILES string of the molecule is Cc1sc2nc(CCc3ccccc3)nc(N3CCN(C(=O)CC(C)C)CC3)c2c1C. The molecule has 5 nitrogen and oxygen atoms in total. The molecule has 0 saturated carbocycles. The molecule has 0 radical (unpaired) electrons. The molecule has 0 N–H and O–H groups in total. The summed E-state index contributed by atoms with van der Waals surface area (Å²) < 4.78 is 0. The Hall–Kier alpha value is -2.47. The molecule has 4 rings (SSSR count). The lowest BCUT2D eigenvalue weighted by molar-refractivity contribution is -0.132. The van der Waals surface area contributed by atoms with Crippen LogP contribution in [0.15, 0.2) is 30.3 Å². The van der Waals surface area contributed by atoms with Crippen LogP contribution in [0.4, 0.5) is 5.82 Å². The van der Waals surface area contributed by atoms with Gasteiger partial charge in [0.05, 0.1) is 5.39 Å². The van der Waals surface area contributed by atoms with Crippen LogP contribution in [-0.4, -0.2) is 47.0 Å². The first-order valence-corrected chi connectivity index (χ1v) is 12.1. The topological polar surface area (TPSA) is 49.3 Å². The number of amides is 1. The van der Waals surface area contributed by atoms with E-state index in [-0.39, 0.29) is 5.91 Å². The monoisotopic (exact) mass is 436 g/mol. The predicted molar refractivity (Wildman–Crippen MR) is 129 cm³/mol. The normalized spacial score (nSPS) is 14.6. The number of piperazine rings is 1. The molecule has 3 heterocycles. The van der Waals surface area contributed by atoms with Gasteiger partial charge in [-0.15, -0.1) is 11.3 Å². The van der Waals surface area contributed by atoms with E-state index >= 15 is 0 Å². The maximum Gasteiger partial charge on any atom is 0.222 e. The Morgan fingerprint density at radius 2 is 1.74 bits per heavy atom. The van der Waals surface area contributed by atoms with Crippen molar-refractivity contribution in [2.45, 2.75) is 47.0 Å². The van der Waals surface area contributed by atoms with E-state index in [0.29, 0.717) is 12.3 Å². The second-order valence-corrected chi connectivity index (χ2v) is 10.1. The fourth-order valence-electron chi connectivity index (χ4n) is 4.16. The molecular weight excluding hydrogens is 404 g/mol. The van der Waals surface area contributed by atoms with Crippen molar-refractivity contribution in [2.75, 3.05) is 31.1 Å². The molecule has 164 valence electrons. The third kappa shape index (κ3) is 4.90. The Morgan fingerprint density at radius 1 is 1.03 bits per heavy atom. The number of aryl methyl sites for hydroxylation is 4. The number of benzene rings is 1. The second kappa shape index (κ2) is 9.35. The van der Waals surface area contributed by atoms with Crippen LogP contribution in [0, 0.1) is 19.8 Å². The number of rotatable bonds is 6. The minimum Gasteiger partial charge on any atom is -0.352 e. The maximum atomic E-state index is 12.5. The Balaban J connectivity index is 1.57. The molecule has 0 bridgehead atoms. The van der Waals surface area contributed by atoms with E-state index in [1.807, 2.05) is 11.0 Å². The van der Waals surface area contributed by atoms with Crippen LogP contribution in [0.5, 0.6) is 0 Å². The Labute approximate surface area is 189 Å². The number of hydrogen-bond donors (Lipinski definition) is 0. The minimum absolute atomic E-state index is 0.272. The summed E-state index contributed by atoms with van der Waals surface area (Å²) in [5.74, 6) is 2.63. The molecule has 0 spiro atoms. The zero-order chi connectivity index (χ0) is 22.0. The maximum absolute atomic E-state index is 12.5. The first kappa shape index (κ1) is 21.8. The van der Waals surface area contributed by atoms with Gasteiger partial charge in [0, 0.05) is 43.9 Å². The lowest BCUT2D eigenvalue weighted by Gasteiger charge is -2.36. The van der Waals surface area contributed by atoms with E-state index in [1.165, 1.54) is 21.4 Å². The zero-order valence-corrected chi connectivity index (χ0v) is 19.8. The number of nitrogens with zero attached hydrogens (tertiary/aromatic N) is 4. The van der Waals surface area contributed by atoms with Crippen LogP contribution in [-0.2, 0) is 17.6 Å². The molecule has 1 aromatic carbocycles. The van der Waals surface area contributed by atoms with E-state index in [0.717, 1.165) is 55.5 Å². The number of aromatic nitrogens is 2. The highest BCUT2D eigenvalue weighted by molar-refractivity contribution is 7.18. The molecule has 1 fully saturated rings. The van der Waals surface area contributed by atoms with E-state index in [1.54, 1.807) is 11.3 Å². The van der Waals surface area contributed by atoms with Crippen molar-refractivity contribution in [1.29, 1.82) is 0 Å². The summed E-state index contributed by atoms with van der Waals surface area (Å²) >= 11 is 1.76. The van der Waals surface area contributed by atoms with Crippen molar-refractivity contribution >= 4 is 33.3 Å². The van der Waals surface area contributed by atoms with Crippen LogP contribution >= 0.6 is 11.3 Å². The first-order valence-electron chi connectivity index (χ1n) is 11.3. The van der Waals surface area contributed by atoms with Crippen LogP contribution in [0.25, 0.3) is 10.2 Å². The molecule has 2 aromatic heterocycles. The highest BCUT2D eigenvalue weighted by Crippen LogP contribution is 2.35. The average Bonchev–Trinajstić information content (AvgIpc) is 3.05. The summed E-state index contributed by atoms with van der Waals surface area (Å²) in [6.45, 7) is 11.7. The highest BCUT2D eigenvalue weighted by atomic mass is 32.1. The number of carbonyl (C=O) groups excluding carboxylic acids is 1. The van der Waals surface area contributed by atoms with Crippen molar-refractivity contribution in [3.05, 3.63) is 52.2 Å². The average molecular weight is 437 g/mol. The van der Waals surface area contributed by atoms with E-state index in [2.05, 4.69) is 56.9 Å². The summed E-state index contributed by atoms with van der Waals surface area (Å²) in [6, 6.07) is 10.5. The third-order valence-electron chi connectivity index (χ3n) is 6.05. The fourth-order valence-corrected chi connectivity index (χ4v) is 5.20. The largest absolute Gasteiger partial charge is 0.352 e. The molecule has 3 aromatic rings. The minimum atomic E-state index is 0.272. The molecule has 1 aliphatic rings. The van der Waals surface area contributed by atoms with Crippen molar-refractivity contribution in [3.63, 3.8) is 0 Å². The first-order chi connectivity index (χ1) is 14.9. The smallest absolute Gasteiger partial charge is 0.222 e. The lowest BCUT2D eigenvalue weighted by atomic mass is 10.1. The number of thiophene rings is 1. The summed E-state index contributed by atoms with van der Waals surface area (Å²) in [5, 5.41) is 1.19. The quantitative estimate of drug-likeness (QED) is 0.558. The Bertz CT molecular complexity index is 1050. The highest BCUT2D eigenvalue weighted by Gasteiger charge is 2.25. The van der Waals surface area contributed by atoms with Crippen molar-refractivity contribution in [1.82, 2.24) is 14.9 Å².